The van der Waals surface area contributed by atoms with Gasteiger partial charge in [-0.15, -0.1) is 0 Å². The molecule has 0 saturated carbocycles. The van der Waals surface area contributed by atoms with E-state index in [9.17, 15) is 5.11 Å². The number of aliphatic hydroxyl groups excluding tert-OH is 1. The summed E-state index contributed by atoms with van der Waals surface area (Å²) in [6, 6.07) is 5.48. The molecule has 4 heteroatoms. The Hall–Kier alpha value is -1.38. The minimum absolute atomic E-state index is 0.0128. The summed E-state index contributed by atoms with van der Waals surface area (Å²) in [5.41, 5.74) is 8.74. The van der Waals surface area contributed by atoms with E-state index in [1.165, 1.54) is 0 Å². The fraction of sp³-hybridized carbons (Fsp3) is 0. The molecule has 2 rings (SSSR count). The zero-order valence-corrected chi connectivity index (χ0v) is 8.12. The van der Waals surface area contributed by atoms with Gasteiger partial charge < -0.3 is 10.6 Å². The highest BCUT2D eigenvalue weighted by Gasteiger charge is 2.18. The largest absolute Gasteiger partial charge is 0.501 e. The number of rotatable bonds is 0. The molecule has 0 saturated heterocycles. The summed E-state index contributed by atoms with van der Waals surface area (Å²) in [5.74, 6) is 0.0128. The maximum absolute atomic E-state index is 9.54. The third-order valence-electron chi connectivity index (χ3n) is 1.91. The summed E-state index contributed by atoms with van der Waals surface area (Å²) in [6.07, 6.45) is 1.62. The van der Waals surface area contributed by atoms with Crippen LogP contribution in [0.4, 0.5) is 0 Å². The minimum Gasteiger partial charge on any atom is -0.501 e. The van der Waals surface area contributed by atoms with E-state index in [4.69, 9.17) is 5.53 Å². The lowest BCUT2D eigenvalue weighted by atomic mass is 10.3. The molecule has 1 N–H and O–H groups in total. The number of aliphatic hydroxyl groups is 1. The predicted molar refractivity (Wildman–Crippen MR) is 52.5 cm³/mol. The Kier molecular flexibility index (Phi) is 1.79. The first-order valence-corrected chi connectivity index (χ1v) is 4.44. The molecule has 1 aliphatic rings. The summed E-state index contributed by atoms with van der Waals surface area (Å²) in [7, 11) is 0. The van der Waals surface area contributed by atoms with Crippen molar-refractivity contribution in [3.63, 3.8) is 0 Å². The van der Waals surface area contributed by atoms with Crippen LogP contribution in [0.15, 0.2) is 22.7 Å². The van der Waals surface area contributed by atoms with Gasteiger partial charge in [-0.2, -0.15) is 4.79 Å². The van der Waals surface area contributed by atoms with Crippen molar-refractivity contribution in [1.82, 2.24) is 0 Å². The standard InChI is InChI=1S/C9H5BrN2O/c10-6-2-1-5-3-8(12-11)9(13)7(5)4-6/h1-4,13H. The van der Waals surface area contributed by atoms with Gasteiger partial charge in [0, 0.05) is 15.8 Å². The van der Waals surface area contributed by atoms with Crippen LogP contribution in [0.25, 0.3) is 17.4 Å². The van der Waals surface area contributed by atoms with Crippen LogP contribution >= 0.6 is 15.9 Å². The van der Waals surface area contributed by atoms with Crippen LogP contribution in [0.3, 0.4) is 0 Å². The molecule has 0 unspecified atom stereocenters. The molecule has 0 aliphatic heterocycles. The van der Waals surface area contributed by atoms with Gasteiger partial charge in [0.2, 0.25) is 5.76 Å². The molecule has 0 aromatic heterocycles. The number of halogens is 1. The van der Waals surface area contributed by atoms with Crippen LogP contribution in [0.1, 0.15) is 0 Å². The van der Waals surface area contributed by atoms with Crippen molar-refractivity contribution in [1.29, 1.82) is 0 Å². The van der Waals surface area contributed by atoms with Gasteiger partial charge in [-0.1, -0.05) is 22.0 Å². The zero-order chi connectivity index (χ0) is 9.42. The molecule has 0 amide bonds. The van der Waals surface area contributed by atoms with Gasteiger partial charge in [-0.25, -0.2) is 0 Å². The van der Waals surface area contributed by atoms with Gasteiger partial charge in [-0.3, -0.25) is 0 Å². The highest BCUT2D eigenvalue weighted by Crippen LogP contribution is 2.04. The second-order valence-electron chi connectivity index (χ2n) is 2.71. The second-order valence-corrected chi connectivity index (χ2v) is 3.63. The summed E-state index contributed by atoms with van der Waals surface area (Å²) in [5, 5.41) is 11.1. The van der Waals surface area contributed by atoms with Crippen LogP contribution in [-0.2, 0) is 0 Å². The normalized spacial score (nSPS) is 13.6. The molecule has 0 fully saturated rings. The molecule has 0 atom stereocenters. The van der Waals surface area contributed by atoms with Crippen molar-refractivity contribution in [3.8, 4) is 0 Å². The number of hydrogen-bond acceptors (Lipinski definition) is 1. The van der Waals surface area contributed by atoms with E-state index in [0.717, 1.165) is 9.69 Å². The lowest BCUT2D eigenvalue weighted by Crippen LogP contribution is -2.22. The molecular formula is C9H5BrN2O. The maximum atomic E-state index is 9.54. The van der Waals surface area contributed by atoms with Crippen LogP contribution in [0, 0.1) is 0 Å². The average molecular weight is 237 g/mol. The average Bonchev–Trinajstić information content (AvgIpc) is 2.44. The minimum atomic E-state index is 0.0128. The van der Waals surface area contributed by atoms with E-state index >= 15 is 0 Å². The Balaban J connectivity index is 2.96. The van der Waals surface area contributed by atoms with Gasteiger partial charge >= 0.3 is 5.71 Å². The summed E-state index contributed by atoms with van der Waals surface area (Å²) in [6.45, 7) is 0. The second kappa shape index (κ2) is 2.83. The highest BCUT2D eigenvalue weighted by molar-refractivity contribution is 9.10. The van der Waals surface area contributed by atoms with Crippen molar-refractivity contribution in [3.05, 3.63) is 38.6 Å². The summed E-state index contributed by atoms with van der Waals surface area (Å²) in [4.78, 5) is 2.97. The quantitative estimate of drug-likeness (QED) is 0.520. The summed E-state index contributed by atoms with van der Waals surface area (Å²) >= 11 is 3.29. The number of nitrogens with zero attached hydrogens (tertiary/aromatic N) is 2. The van der Waals surface area contributed by atoms with Gasteiger partial charge in [0.25, 0.3) is 0 Å². The maximum Gasteiger partial charge on any atom is 0.357 e. The van der Waals surface area contributed by atoms with Crippen molar-refractivity contribution < 1.29 is 9.90 Å². The van der Waals surface area contributed by atoms with Gasteiger partial charge in [0.1, 0.15) is 0 Å². The SMILES string of the molecule is [N-]=[N+]=C1C=c2ccc(Br)cc2=C1O. The van der Waals surface area contributed by atoms with Crippen molar-refractivity contribution in [2.45, 2.75) is 0 Å². The predicted octanol–water partition coefficient (Wildman–Crippen LogP) is 0.580. The fourth-order valence-corrected chi connectivity index (χ4v) is 1.65. The van der Waals surface area contributed by atoms with Gasteiger partial charge in [0.15, 0.2) is 0 Å². The number of fused-ring (bicyclic) bond motifs is 1. The molecule has 0 bridgehead atoms. The van der Waals surface area contributed by atoms with Crippen LogP contribution in [0.2, 0.25) is 0 Å². The Morgan fingerprint density at radius 3 is 2.85 bits per heavy atom. The lowest BCUT2D eigenvalue weighted by Gasteiger charge is -1.87. The molecule has 1 aromatic rings. The van der Waals surface area contributed by atoms with E-state index in [1.807, 2.05) is 12.1 Å². The number of benzene rings is 1. The van der Waals surface area contributed by atoms with Crippen molar-refractivity contribution >= 4 is 33.5 Å². The Labute approximate surface area is 82.4 Å². The van der Waals surface area contributed by atoms with E-state index in [-0.39, 0.29) is 11.5 Å². The molecule has 0 spiro atoms. The van der Waals surface area contributed by atoms with Crippen molar-refractivity contribution in [2.24, 2.45) is 0 Å². The molecule has 3 nitrogen and oxygen atoms in total. The first-order valence-electron chi connectivity index (χ1n) is 3.65. The van der Waals surface area contributed by atoms with Crippen LogP contribution < -0.4 is 10.4 Å². The highest BCUT2D eigenvalue weighted by atomic mass is 79.9. The Morgan fingerprint density at radius 1 is 1.38 bits per heavy atom. The fourth-order valence-electron chi connectivity index (χ4n) is 1.29. The van der Waals surface area contributed by atoms with Gasteiger partial charge in [0.05, 0.1) is 0 Å². The molecule has 13 heavy (non-hydrogen) atoms. The van der Waals surface area contributed by atoms with Gasteiger partial charge in [-0.05, 0) is 17.4 Å². The Morgan fingerprint density at radius 2 is 2.15 bits per heavy atom. The molecule has 1 aromatic carbocycles. The van der Waals surface area contributed by atoms with E-state index in [1.54, 1.807) is 12.1 Å². The molecule has 1 aliphatic carbocycles. The Bertz CT molecular complexity index is 541. The third-order valence-corrected chi connectivity index (χ3v) is 2.41. The van der Waals surface area contributed by atoms with Crippen LogP contribution in [-0.4, -0.2) is 15.6 Å². The third kappa shape index (κ3) is 1.20. The van der Waals surface area contributed by atoms with E-state index in [2.05, 4.69) is 20.7 Å². The summed E-state index contributed by atoms with van der Waals surface area (Å²) < 4.78 is 0.880. The lowest BCUT2D eigenvalue weighted by molar-refractivity contribution is -0.00115. The molecule has 64 valence electrons. The topological polar surface area (TPSA) is 56.6 Å². The first-order chi connectivity index (χ1) is 6.22. The molecular weight excluding hydrogens is 232 g/mol. The number of hydrogen-bond donors (Lipinski definition) is 1. The van der Waals surface area contributed by atoms with E-state index < -0.39 is 0 Å². The van der Waals surface area contributed by atoms with E-state index in [0.29, 0.717) is 5.22 Å². The van der Waals surface area contributed by atoms with Crippen LogP contribution in [0.5, 0.6) is 0 Å². The smallest absolute Gasteiger partial charge is 0.357 e. The molecule has 0 radical (unpaired) electrons. The zero-order valence-electron chi connectivity index (χ0n) is 6.53. The van der Waals surface area contributed by atoms with Crippen molar-refractivity contribution in [2.75, 3.05) is 0 Å². The first kappa shape index (κ1) is 8.23. The monoisotopic (exact) mass is 236 g/mol. The molecule has 0 heterocycles.